The molecule has 1 amide bonds. The molecule has 1 aliphatic carbocycles. The summed E-state index contributed by atoms with van der Waals surface area (Å²) in [6.45, 7) is 6.12. The van der Waals surface area contributed by atoms with Gasteiger partial charge < -0.3 is 4.74 Å². The van der Waals surface area contributed by atoms with E-state index >= 15 is 0 Å². The average Bonchev–Trinajstić information content (AvgIpc) is 2.68. The quantitative estimate of drug-likeness (QED) is 0.624. The fourth-order valence-corrected chi connectivity index (χ4v) is 4.83. The Morgan fingerprint density at radius 2 is 1.87 bits per heavy atom. The second kappa shape index (κ2) is 7.59. The topological polar surface area (TPSA) is 46.6 Å². The van der Waals surface area contributed by atoms with Gasteiger partial charge in [0.25, 0.3) is 0 Å². The number of allylic oxidation sites excluding steroid dienone is 2. The lowest BCUT2D eigenvalue weighted by Gasteiger charge is -2.43. The lowest BCUT2D eigenvalue weighted by molar-refractivity contribution is -0.121. The average molecular weight is 424 g/mol. The van der Waals surface area contributed by atoms with Crippen LogP contribution in [0.3, 0.4) is 0 Å². The Kier molecular flexibility index (Phi) is 5.23. The SMILES string of the molecule is COc1cccc(C2CC(=O)N(c3cc(Cl)ccc3C)C3=C2C(=O)CC(C)(C)C3)c1. The molecule has 2 aromatic carbocycles. The summed E-state index contributed by atoms with van der Waals surface area (Å²) in [4.78, 5) is 28.6. The number of benzene rings is 2. The van der Waals surface area contributed by atoms with Gasteiger partial charge in [-0.05, 0) is 54.2 Å². The molecule has 2 aliphatic rings. The Hall–Kier alpha value is -2.59. The van der Waals surface area contributed by atoms with E-state index in [2.05, 4.69) is 13.8 Å². The number of carbonyl (C=O) groups is 2. The molecule has 30 heavy (non-hydrogen) atoms. The van der Waals surface area contributed by atoms with Crippen LogP contribution in [0.15, 0.2) is 53.7 Å². The highest BCUT2D eigenvalue weighted by atomic mass is 35.5. The van der Waals surface area contributed by atoms with Crippen LogP contribution in [-0.4, -0.2) is 18.8 Å². The molecule has 0 spiro atoms. The normalized spacial score (nSPS) is 21.0. The predicted octanol–water partition coefficient (Wildman–Crippen LogP) is 5.82. The molecule has 0 radical (unpaired) electrons. The summed E-state index contributed by atoms with van der Waals surface area (Å²) in [6.07, 6.45) is 1.37. The van der Waals surface area contributed by atoms with Gasteiger partial charge in [-0.15, -0.1) is 0 Å². The molecule has 1 unspecified atom stereocenters. The number of anilines is 1. The third-order valence-corrected chi connectivity index (χ3v) is 6.29. The van der Waals surface area contributed by atoms with Crippen LogP contribution in [0.4, 0.5) is 5.69 Å². The van der Waals surface area contributed by atoms with Gasteiger partial charge in [0.05, 0.1) is 12.8 Å². The zero-order valence-corrected chi connectivity index (χ0v) is 18.5. The fraction of sp³-hybridized carbons (Fsp3) is 0.360. The molecule has 5 heteroatoms. The first-order valence-electron chi connectivity index (χ1n) is 10.2. The largest absolute Gasteiger partial charge is 0.497 e. The summed E-state index contributed by atoms with van der Waals surface area (Å²) in [7, 11) is 1.62. The Morgan fingerprint density at radius 3 is 2.60 bits per heavy atom. The maximum Gasteiger partial charge on any atom is 0.232 e. The summed E-state index contributed by atoms with van der Waals surface area (Å²) < 4.78 is 5.38. The van der Waals surface area contributed by atoms with E-state index in [1.807, 2.05) is 49.4 Å². The molecule has 0 saturated carbocycles. The van der Waals surface area contributed by atoms with Crippen molar-refractivity contribution >= 4 is 29.0 Å². The molecule has 0 fully saturated rings. The van der Waals surface area contributed by atoms with Gasteiger partial charge in [0.15, 0.2) is 5.78 Å². The van der Waals surface area contributed by atoms with Crippen molar-refractivity contribution < 1.29 is 14.3 Å². The summed E-state index contributed by atoms with van der Waals surface area (Å²) in [5, 5.41) is 0.571. The molecule has 2 aromatic rings. The summed E-state index contributed by atoms with van der Waals surface area (Å²) in [5.41, 5.74) is 4.00. The number of amides is 1. The first-order chi connectivity index (χ1) is 14.2. The molecule has 0 saturated heterocycles. The number of ether oxygens (including phenoxy) is 1. The second-order valence-corrected chi connectivity index (χ2v) is 9.43. The van der Waals surface area contributed by atoms with Crippen LogP contribution in [0.5, 0.6) is 5.75 Å². The van der Waals surface area contributed by atoms with Gasteiger partial charge in [-0.25, -0.2) is 0 Å². The van der Waals surface area contributed by atoms with Crippen LogP contribution in [0, 0.1) is 12.3 Å². The Bertz CT molecular complexity index is 1070. The van der Waals surface area contributed by atoms with Crippen molar-refractivity contribution in [2.24, 2.45) is 5.41 Å². The minimum absolute atomic E-state index is 0.0163. The van der Waals surface area contributed by atoms with Crippen molar-refractivity contribution in [2.75, 3.05) is 12.0 Å². The standard InChI is InChI=1S/C25H26ClNO3/c1-15-8-9-17(26)11-20(15)27-21-13-25(2,3)14-22(28)24(21)19(12-23(27)29)16-6-5-7-18(10-16)30-4/h5-11,19H,12-14H2,1-4H3. The summed E-state index contributed by atoms with van der Waals surface area (Å²) in [6, 6.07) is 13.2. The van der Waals surface area contributed by atoms with E-state index in [0.29, 0.717) is 17.9 Å². The minimum atomic E-state index is -0.262. The van der Waals surface area contributed by atoms with E-state index in [0.717, 1.165) is 33.8 Å². The molecular weight excluding hydrogens is 398 g/mol. The van der Waals surface area contributed by atoms with Gasteiger partial charge in [0, 0.05) is 35.1 Å². The third-order valence-electron chi connectivity index (χ3n) is 6.05. The summed E-state index contributed by atoms with van der Waals surface area (Å²) in [5.74, 6) is 0.560. The molecule has 0 aromatic heterocycles. The van der Waals surface area contributed by atoms with Gasteiger partial charge in [0.1, 0.15) is 5.75 Å². The van der Waals surface area contributed by atoms with Crippen LogP contribution < -0.4 is 9.64 Å². The van der Waals surface area contributed by atoms with Crippen LogP contribution in [0.1, 0.15) is 50.2 Å². The van der Waals surface area contributed by atoms with Gasteiger partial charge in [-0.1, -0.05) is 43.6 Å². The minimum Gasteiger partial charge on any atom is -0.497 e. The van der Waals surface area contributed by atoms with Crippen LogP contribution >= 0.6 is 11.6 Å². The van der Waals surface area contributed by atoms with Crippen LogP contribution in [-0.2, 0) is 9.59 Å². The van der Waals surface area contributed by atoms with Crippen molar-refractivity contribution in [3.8, 4) is 5.75 Å². The van der Waals surface area contributed by atoms with Crippen molar-refractivity contribution in [3.63, 3.8) is 0 Å². The van der Waals surface area contributed by atoms with Crippen molar-refractivity contribution in [2.45, 2.75) is 46.0 Å². The molecule has 0 N–H and O–H groups in total. The Balaban J connectivity index is 1.92. The lowest BCUT2D eigenvalue weighted by Crippen LogP contribution is -2.44. The Morgan fingerprint density at radius 1 is 1.10 bits per heavy atom. The number of hydrogen-bond acceptors (Lipinski definition) is 3. The van der Waals surface area contributed by atoms with Gasteiger partial charge in [0.2, 0.25) is 5.91 Å². The maximum absolute atomic E-state index is 13.5. The van der Waals surface area contributed by atoms with Crippen LogP contribution in [0.2, 0.25) is 5.02 Å². The van der Waals surface area contributed by atoms with Crippen LogP contribution in [0.25, 0.3) is 0 Å². The number of halogens is 1. The van der Waals surface area contributed by atoms with Crippen molar-refractivity contribution in [3.05, 3.63) is 69.9 Å². The second-order valence-electron chi connectivity index (χ2n) is 8.99. The van der Waals surface area contributed by atoms with E-state index in [9.17, 15) is 9.59 Å². The molecule has 4 rings (SSSR count). The highest BCUT2D eigenvalue weighted by Gasteiger charge is 2.44. The molecule has 156 valence electrons. The van der Waals surface area contributed by atoms with Gasteiger partial charge in [-0.2, -0.15) is 0 Å². The fourth-order valence-electron chi connectivity index (χ4n) is 4.66. The zero-order chi connectivity index (χ0) is 21.6. The first kappa shape index (κ1) is 20.7. The zero-order valence-electron chi connectivity index (χ0n) is 17.8. The third kappa shape index (κ3) is 3.65. The van der Waals surface area contributed by atoms with E-state index in [-0.39, 0.29) is 29.4 Å². The van der Waals surface area contributed by atoms with E-state index in [1.54, 1.807) is 12.0 Å². The number of aryl methyl sites for hydroxylation is 1. The van der Waals surface area contributed by atoms with E-state index in [4.69, 9.17) is 16.3 Å². The molecule has 4 nitrogen and oxygen atoms in total. The number of hydrogen-bond donors (Lipinski definition) is 0. The molecule has 1 heterocycles. The number of Topliss-reactive ketones (excluding diaryl/α,β-unsaturated/α-hetero) is 1. The van der Waals surface area contributed by atoms with Crippen molar-refractivity contribution in [1.29, 1.82) is 0 Å². The number of nitrogens with zero attached hydrogens (tertiary/aromatic N) is 1. The number of carbonyl (C=O) groups excluding carboxylic acids is 2. The molecule has 1 atom stereocenters. The predicted molar refractivity (Wildman–Crippen MR) is 119 cm³/mol. The maximum atomic E-state index is 13.5. The number of ketones is 1. The molecular formula is C25H26ClNO3. The van der Waals surface area contributed by atoms with Gasteiger partial charge >= 0.3 is 0 Å². The van der Waals surface area contributed by atoms with Gasteiger partial charge in [-0.3, -0.25) is 14.5 Å². The van der Waals surface area contributed by atoms with E-state index < -0.39 is 0 Å². The molecule has 1 aliphatic heterocycles. The molecule has 0 bridgehead atoms. The smallest absolute Gasteiger partial charge is 0.232 e. The van der Waals surface area contributed by atoms with Crippen molar-refractivity contribution in [1.82, 2.24) is 0 Å². The highest BCUT2D eigenvalue weighted by molar-refractivity contribution is 6.31. The summed E-state index contributed by atoms with van der Waals surface area (Å²) >= 11 is 6.27. The number of rotatable bonds is 3. The lowest BCUT2D eigenvalue weighted by atomic mass is 9.69. The first-order valence-corrected chi connectivity index (χ1v) is 10.6. The highest BCUT2D eigenvalue weighted by Crippen LogP contribution is 2.49. The number of methoxy groups -OCH3 is 1. The van der Waals surface area contributed by atoms with E-state index in [1.165, 1.54) is 0 Å². The Labute approximate surface area is 182 Å². The monoisotopic (exact) mass is 423 g/mol.